The highest BCUT2D eigenvalue weighted by atomic mass is 16.7. The summed E-state index contributed by atoms with van der Waals surface area (Å²) in [5.41, 5.74) is 3.38. The number of carbonyl (C=O) groups is 1. The van der Waals surface area contributed by atoms with E-state index in [1.165, 1.54) is 12.8 Å². The van der Waals surface area contributed by atoms with Crippen molar-refractivity contribution >= 4 is 29.2 Å². The monoisotopic (exact) mass is 509 g/mol. The molecule has 2 aromatic rings. The number of pyridine rings is 2. The molecule has 10 nitrogen and oxygen atoms in total. The summed E-state index contributed by atoms with van der Waals surface area (Å²) >= 11 is 0. The Kier molecular flexibility index (Phi) is 6.76. The van der Waals surface area contributed by atoms with Crippen molar-refractivity contribution in [2.45, 2.75) is 58.9 Å². The second-order valence-corrected chi connectivity index (χ2v) is 12.2. The number of hydrazine groups is 1. The lowest BCUT2D eigenvalue weighted by molar-refractivity contribution is -0.0506. The molecule has 1 spiro atoms. The van der Waals surface area contributed by atoms with Gasteiger partial charge < -0.3 is 20.6 Å². The van der Waals surface area contributed by atoms with Crippen LogP contribution in [0.3, 0.4) is 0 Å². The Hall–Kier alpha value is -2.95. The van der Waals surface area contributed by atoms with Crippen molar-refractivity contribution < 1.29 is 14.7 Å². The van der Waals surface area contributed by atoms with Crippen LogP contribution in [0.15, 0.2) is 30.3 Å². The topological polar surface area (TPSA) is 115 Å². The van der Waals surface area contributed by atoms with Crippen LogP contribution in [0.1, 0.15) is 63.7 Å². The van der Waals surface area contributed by atoms with Crippen LogP contribution in [0.25, 0.3) is 0 Å². The normalized spacial score (nSPS) is 20.6. The molecule has 37 heavy (non-hydrogen) atoms. The fraction of sp³-hybridized carbons (Fsp3) is 0.593. The minimum Gasteiger partial charge on any atom is -0.394 e. The molecule has 0 radical (unpaired) electrons. The molecule has 4 heterocycles. The van der Waals surface area contributed by atoms with E-state index in [4.69, 9.17) is 9.82 Å². The van der Waals surface area contributed by atoms with Gasteiger partial charge in [-0.2, -0.15) is 0 Å². The molecule has 200 valence electrons. The molecule has 2 aromatic heterocycles. The van der Waals surface area contributed by atoms with Gasteiger partial charge in [0.25, 0.3) is 5.91 Å². The molecule has 3 fully saturated rings. The zero-order chi connectivity index (χ0) is 26.3. The van der Waals surface area contributed by atoms with E-state index in [2.05, 4.69) is 40.0 Å². The maximum atomic E-state index is 13.5. The van der Waals surface area contributed by atoms with E-state index >= 15 is 0 Å². The van der Waals surface area contributed by atoms with Crippen molar-refractivity contribution in [3.63, 3.8) is 0 Å². The van der Waals surface area contributed by atoms with Gasteiger partial charge in [-0.1, -0.05) is 19.9 Å². The average molecular weight is 510 g/mol. The van der Waals surface area contributed by atoms with Crippen molar-refractivity contribution in [1.29, 1.82) is 0 Å². The maximum Gasteiger partial charge on any atom is 0.260 e. The van der Waals surface area contributed by atoms with Gasteiger partial charge >= 0.3 is 0 Å². The van der Waals surface area contributed by atoms with E-state index in [-0.39, 0.29) is 17.9 Å². The number of rotatable bonds is 7. The Labute approximate surface area is 218 Å². The number of hydrogen-bond acceptors (Lipinski definition) is 9. The van der Waals surface area contributed by atoms with Gasteiger partial charge in [0.15, 0.2) is 0 Å². The lowest BCUT2D eigenvalue weighted by Gasteiger charge is -2.38. The van der Waals surface area contributed by atoms with Crippen LogP contribution < -0.4 is 26.1 Å². The van der Waals surface area contributed by atoms with Crippen molar-refractivity contribution in [1.82, 2.24) is 15.6 Å². The summed E-state index contributed by atoms with van der Waals surface area (Å²) in [6.45, 7) is 11.1. The standard InChI is InChI=1S/C27H39N7O3/c1-25(2)16-34(32-37-18-25)22-7-5-6-20(28-22)30-24(36)19-8-9-21(31-26(3,4)17-35)29-23(19)33-14-12-27(10-11-27)13-15-33/h5-9,32,35H,10-18H2,1-4H3,(H,29,31)(H,28,30,36). The summed E-state index contributed by atoms with van der Waals surface area (Å²) in [5, 5.41) is 17.8. The van der Waals surface area contributed by atoms with Gasteiger partial charge in [0.1, 0.15) is 23.3 Å². The summed E-state index contributed by atoms with van der Waals surface area (Å²) in [6, 6.07) is 9.13. The number of carbonyl (C=O) groups excluding carboxylic acids is 1. The molecule has 0 atom stereocenters. The summed E-state index contributed by atoms with van der Waals surface area (Å²) < 4.78 is 0. The predicted molar refractivity (Wildman–Crippen MR) is 145 cm³/mol. The number of aromatic nitrogens is 2. The quantitative estimate of drug-likeness (QED) is 0.445. The number of nitrogens with one attached hydrogen (secondary N) is 3. The first kappa shape index (κ1) is 25.7. The summed E-state index contributed by atoms with van der Waals surface area (Å²) in [6.07, 6.45) is 4.87. The van der Waals surface area contributed by atoms with Gasteiger partial charge in [-0.05, 0) is 69.2 Å². The molecule has 2 saturated heterocycles. The molecule has 1 aliphatic carbocycles. The molecule has 10 heteroatoms. The summed E-state index contributed by atoms with van der Waals surface area (Å²) in [5.74, 6) is 2.17. The highest BCUT2D eigenvalue weighted by Gasteiger charge is 2.45. The zero-order valence-corrected chi connectivity index (χ0v) is 22.3. The van der Waals surface area contributed by atoms with Gasteiger partial charge in [0.05, 0.1) is 24.3 Å². The van der Waals surface area contributed by atoms with Crippen LogP contribution in [-0.4, -0.2) is 59.4 Å². The largest absolute Gasteiger partial charge is 0.394 e. The molecule has 3 aliphatic rings. The van der Waals surface area contributed by atoms with E-state index < -0.39 is 5.54 Å². The fourth-order valence-electron chi connectivity index (χ4n) is 4.96. The lowest BCUT2D eigenvalue weighted by Crippen LogP contribution is -2.52. The second kappa shape index (κ2) is 9.74. The molecule has 0 aromatic carbocycles. The van der Waals surface area contributed by atoms with E-state index in [1.807, 2.05) is 31.0 Å². The van der Waals surface area contributed by atoms with Gasteiger partial charge in [-0.15, -0.1) is 5.59 Å². The number of amides is 1. The average Bonchev–Trinajstić information content (AvgIpc) is 3.62. The molecule has 5 rings (SSSR count). The Morgan fingerprint density at radius 3 is 2.54 bits per heavy atom. The smallest absolute Gasteiger partial charge is 0.260 e. The first-order valence-electron chi connectivity index (χ1n) is 13.2. The molecular formula is C27H39N7O3. The van der Waals surface area contributed by atoms with Crippen LogP contribution in [0.5, 0.6) is 0 Å². The Morgan fingerprint density at radius 2 is 1.86 bits per heavy atom. The lowest BCUT2D eigenvalue weighted by atomic mass is 9.93. The predicted octanol–water partition coefficient (Wildman–Crippen LogP) is 3.57. The molecule has 1 amide bonds. The van der Waals surface area contributed by atoms with Crippen molar-refractivity contribution in [3.05, 3.63) is 35.9 Å². The van der Waals surface area contributed by atoms with Gasteiger partial charge in [0, 0.05) is 25.0 Å². The third-order valence-electron chi connectivity index (χ3n) is 7.54. The molecule has 2 aliphatic heterocycles. The third-order valence-corrected chi connectivity index (χ3v) is 7.54. The molecule has 0 bridgehead atoms. The SMILES string of the molecule is CC1(C)CONN(c2cccc(NC(=O)c3ccc(NC(C)(C)CO)nc3N3CCC4(CC3)CC4)n2)C1. The van der Waals surface area contributed by atoms with E-state index in [9.17, 15) is 9.90 Å². The summed E-state index contributed by atoms with van der Waals surface area (Å²) in [4.78, 5) is 30.8. The van der Waals surface area contributed by atoms with Crippen LogP contribution >= 0.6 is 0 Å². The number of hydrogen-bond donors (Lipinski definition) is 4. The van der Waals surface area contributed by atoms with E-state index in [0.717, 1.165) is 32.5 Å². The zero-order valence-electron chi connectivity index (χ0n) is 22.3. The Morgan fingerprint density at radius 1 is 1.11 bits per heavy atom. The molecular weight excluding hydrogens is 470 g/mol. The number of anilines is 4. The minimum atomic E-state index is -0.529. The Balaban J connectivity index is 1.37. The number of nitrogens with zero attached hydrogens (tertiary/aromatic N) is 4. The number of piperidine rings is 1. The first-order chi connectivity index (χ1) is 17.6. The van der Waals surface area contributed by atoms with E-state index in [0.29, 0.717) is 40.9 Å². The van der Waals surface area contributed by atoms with Crippen LogP contribution in [0.2, 0.25) is 0 Å². The molecule has 1 saturated carbocycles. The maximum absolute atomic E-state index is 13.5. The third kappa shape index (κ3) is 5.97. The molecule has 4 N–H and O–H groups in total. The van der Waals surface area contributed by atoms with Crippen molar-refractivity contribution in [3.8, 4) is 0 Å². The van der Waals surface area contributed by atoms with Gasteiger partial charge in [0.2, 0.25) is 0 Å². The second-order valence-electron chi connectivity index (χ2n) is 12.2. The van der Waals surface area contributed by atoms with Crippen molar-refractivity contribution in [2.24, 2.45) is 10.8 Å². The van der Waals surface area contributed by atoms with Gasteiger partial charge in [-0.25, -0.2) is 9.97 Å². The highest BCUT2D eigenvalue weighted by Crippen LogP contribution is 2.54. The number of aliphatic hydroxyl groups is 1. The number of aliphatic hydroxyl groups excluding tert-OH is 1. The summed E-state index contributed by atoms with van der Waals surface area (Å²) in [7, 11) is 0. The molecule has 0 unspecified atom stereocenters. The van der Waals surface area contributed by atoms with Gasteiger partial charge in [-0.3, -0.25) is 14.6 Å². The van der Waals surface area contributed by atoms with Crippen LogP contribution in [-0.2, 0) is 4.84 Å². The van der Waals surface area contributed by atoms with Crippen LogP contribution in [0, 0.1) is 10.8 Å². The fourth-order valence-corrected chi connectivity index (χ4v) is 4.96. The minimum absolute atomic E-state index is 0.0272. The highest BCUT2D eigenvalue weighted by molar-refractivity contribution is 6.07. The van der Waals surface area contributed by atoms with Crippen LogP contribution in [0.4, 0.5) is 23.3 Å². The van der Waals surface area contributed by atoms with E-state index in [1.54, 1.807) is 18.2 Å². The van der Waals surface area contributed by atoms with Crippen molar-refractivity contribution in [2.75, 3.05) is 53.4 Å². The first-order valence-corrected chi connectivity index (χ1v) is 13.2. The Bertz CT molecular complexity index is 1140.